The van der Waals surface area contributed by atoms with Gasteiger partial charge in [0, 0.05) is 50.4 Å². The van der Waals surface area contributed by atoms with Crippen molar-refractivity contribution in [2.75, 3.05) is 32.7 Å². The van der Waals surface area contributed by atoms with Crippen LogP contribution in [0, 0.1) is 27.9 Å². The van der Waals surface area contributed by atoms with Crippen molar-refractivity contribution in [2.45, 2.75) is 12.8 Å². The van der Waals surface area contributed by atoms with Crippen LogP contribution >= 0.6 is 0 Å². The van der Waals surface area contributed by atoms with E-state index < -0.39 is 4.92 Å². The number of nitro groups is 1. The Kier molecular flexibility index (Phi) is 4.29. The van der Waals surface area contributed by atoms with Crippen LogP contribution in [-0.4, -0.2) is 53.4 Å². The largest absolute Gasteiger partial charge is 0.336 e. The summed E-state index contributed by atoms with van der Waals surface area (Å²) < 4.78 is 0. The van der Waals surface area contributed by atoms with E-state index in [1.807, 2.05) is 4.90 Å². The molecule has 1 saturated carbocycles. The molecule has 0 radical (unpaired) electrons. The maximum Gasteiger partial charge on any atom is 0.269 e. The van der Waals surface area contributed by atoms with Gasteiger partial charge in [0.1, 0.15) is 0 Å². The Morgan fingerprint density at radius 3 is 2.36 bits per heavy atom. The number of piperazine rings is 1. The molecule has 2 fully saturated rings. The second-order valence-electron chi connectivity index (χ2n) is 7.44. The van der Waals surface area contributed by atoms with E-state index in [0.717, 1.165) is 50.5 Å². The molecule has 25 heavy (non-hydrogen) atoms. The first kappa shape index (κ1) is 16.3. The van der Waals surface area contributed by atoms with Crippen LogP contribution in [0.15, 0.2) is 36.4 Å². The van der Waals surface area contributed by atoms with Crippen molar-refractivity contribution in [3.8, 4) is 0 Å². The number of carbonyl (C=O) groups is 1. The van der Waals surface area contributed by atoms with Gasteiger partial charge in [0.15, 0.2) is 0 Å². The Morgan fingerprint density at radius 1 is 1.08 bits per heavy atom. The predicted molar refractivity (Wildman–Crippen MR) is 94.3 cm³/mol. The highest BCUT2D eigenvalue weighted by molar-refractivity contribution is 5.94. The van der Waals surface area contributed by atoms with Crippen LogP contribution in [0.2, 0.25) is 0 Å². The standard InChI is InChI=1S/C19H23N3O3/c23-19(15-3-5-18(6-4-15)22(24)25)21-9-7-20(8-10-21)13-17-12-14-1-2-16(17)11-14/h1-6,14,16-17H,7-13H2/t14-,16-,17+/m0/s1. The van der Waals surface area contributed by atoms with Crippen molar-refractivity contribution in [3.05, 3.63) is 52.1 Å². The summed E-state index contributed by atoms with van der Waals surface area (Å²) in [5, 5.41) is 10.7. The molecule has 132 valence electrons. The normalized spacial score (nSPS) is 28.5. The van der Waals surface area contributed by atoms with Gasteiger partial charge in [-0.05, 0) is 42.7 Å². The fraction of sp³-hybridized carbons (Fsp3) is 0.526. The molecule has 0 spiro atoms. The molecule has 3 atom stereocenters. The van der Waals surface area contributed by atoms with Crippen LogP contribution in [0.1, 0.15) is 23.2 Å². The molecule has 1 saturated heterocycles. The average molecular weight is 341 g/mol. The first-order valence-corrected chi connectivity index (χ1v) is 9.04. The van der Waals surface area contributed by atoms with Gasteiger partial charge in [-0.2, -0.15) is 0 Å². The van der Waals surface area contributed by atoms with Gasteiger partial charge in [0.05, 0.1) is 4.92 Å². The molecule has 3 aliphatic rings. The molecule has 4 rings (SSSR count). The number of benzene rings is 1. The smallest absolute Gasteiger partial charge is 0.269 e. The van der Waals surface area contributed by atoms with Gasteiger partial charge in [-0.15, -0.1) is 0 Å². The first-order valence-electron chi connectivity index (χ1n) is 9.04. The summed E-state index contributed by atoms with van der Waals surface area (Å²) in [5.41, 5.74) is 0.540. The van der Waals surface area contributed by atoms with E-state index in [4.69, 9.17) is 0 Å². The van der Waals surface area contributed by atoms with E-state index >= 15 is 0 Å². The second kappa shape index (κ2) is 6.59. The summed E-state index contributed by atoms with van der Waals surface area (Å²) in [4.78, 5) is 27.2. The molecule has 2 bridgehead atoms. The molecule has 0 unspecified atom stereocenters. The Hall–Kier alpha value is -2.21. The van der Waals surface area contributed by atoms with Gasteiger partial charge in [0.2, 0.25) is 0 Å². The fourth-order valence-electron chi connectivity index (χ4n) is 4.48. The predicted octanol–water partition coefficient (Wildman–Crippen LogP) is 2.56. The first-order chi connectivity index (χ1) is 12.1. The average Bonchev–Trinajstić information content (AvgIpc) is 3.25. The van der Waals surface area contributed by atoms with Crippen LogP contribution < -0.4 is 0 Å². The molecule has 0 aromatic heterocycles. The van der Waals surface area contributed by atoms with E-state index in [1.165, 1.54) is 25.0 Å². The van der Waals surface area contributed by atoms with Crippen molar-refractivity contribution >= 4 is 11.6 Å². The molecule has 1 heterocycles. The van der Waals surface area contributed by atoms with Crippen LogP contribution in [0.25, 0.3) is 0 Å². The van der Waals surface area contributed by atoms with E-state index in [1.54, 1.807) is 12.1 Å². The van der Waals surface area contributed by atoms with Crippen LogP contribution in [-0.2, 0) is 0 Å². The molecule has 6 heteroatoms. The fourth-order valence-corrected chi connectivity index (χ4v) is 4.48. The monoisotopic (exact) mass is 341 g/mol. The summed E-state index contributed by atoms with van der Waals surface area (Å²) in [6.45, 7) is 4.43. The van der Waals surface area contributed by atoms with Gasteiger partial charge in [0.25, 0.3) is 11.6 Å². The van der Waals surface area contributed by atoms with Crippen LogP contribution in [0.3, 0.4) is 0 Å². The molecule has 1 aromatic rings. The number of nitrogens with zero attached hydrogens (tertiary/aromatic N) is 3. The van der Waals surface area contributed by atoms with Gasteiger partial charge >= 0.3 is 0 Å². The number of fused-ring (bicyclic) bond motifs is 2. The lowest BCUT2D eigenvalue weighted by atomic mass is 9.93. The summed E-state index contributed by atoms with van der Waals surface area (Å²) >= 11 is 0. The summed E-state index contributed by atoms with van der Waals surface area (Å²) in [5.74, 6) is 2.33. The van der Waals surface area contributed by atoms with E-state index in [0.29, 0.717) is 5.56 Å². The third kappa shape index (κ3) is 3.31. The molecular weight excluding hydrogens is 318 g/mol. The van der Waals surface area contributed by atoms with E-state index in [2.05, 4.69) is 17.1 Å². The minimum absolute atomic E-state index is 0.0151. The molecule has 2 aliphatic carbocycles. The molecule has 6 nitrogen and oxygen atoms in total. The summed E-state index contributed by atoms with van der Waals surface area (Å²) in [7, 11) is 0. The number of allylic oxidation sites excluding steroid dienone is 2. The topological polar surface area (TPSA) is 66.7 Å². The number of non-ortho nitro benzene ring substituents is 1. The SMILES string of the molecule is O=C(c1ccc([N+](=O)[O-])cc1)N1CCN(C[C@H]2C[C@H]3C=C[C@H]2C3)CC1. The highest BCUT2D eigenvalue weighted by atomic mass is 16.6. The van der Waals surface area contributed by atoms with Gasteiger partial charge in [-0.3, -0.25) is 19.8 Å². The van der Waals surface area contributed by atoms with Gasteiger partial charge < -0.3 is 4.90 Å². The van der Waals surface area contributed by atoms with Crippen molar-refractivity contribution in [1.82, 2.24) is 9.80 Å². The Bertz CT molecular complexity index is 692. The zero-order valence-corrected chi connectivity index (χ0v) is 14.2. The highest BCUT2D eigenvalue weighted by Gasteiger charge is 2.36. The third-order valence-electron chi connectivity index (χ3n) is 5.89. The van der Waals surface area contributed by atoms with Crippen LogP contribution in [0.5, 0.6) is 0 Å². The minimum Gasteiger partial charge on any atom is -0.336 e. The van der Waals surface area contributed by atoms with E-state index in [-0.39, 0.29) is 11.6 Å². The lowest BCUT2D eigenvalue weighted by Crippen LogP contribution is -2.50. The zero-order chi connectivity index (χ0) is 17.4. The summed E-state index contributed by atoms with van der Waals surface area (Å²) in [6, 6.07) is 5.89. The molecule has 0 N–H and O–H groups in total. The van der Waals surface area contributed by atoms with Crippen molar-refractivity contribution in [2.24, 2.45) is 17.8 Å². The number of hydrogen-bond donors (Lipinski definition) is 0. The quantitative estimate of drug-likeness (QED) is 0.480. The summed E-state index contributed by atoms with van der Waals surface area (Å²) in [6.07, 6.45) is 7.43. The number of carbonyl (C=O) groups excluding carboxylic acids is 1. The lowest BCUT2D eigenvalue weighted by Gasteiger charge is -2.37. The molecule has 1 aliphatic heterocycles. The third-order valence-corrected chi connectivity index (χ3v) is 5.89. The number of rotatable bonds is 4. The van der Waals surface area contributed by atoms with Gasteiger partial charge in [-0.25, -0.2) is 0 Å². The number of nitro benzene ring substituents is 1. The minimum atomic E-state index is -0.447. The molecule has 1 amide bonds. The zero-order valence-electron chi connectivity index (χ0n) is 14.2. The van der Waals surface area contributed by atoms with Gasteiger partial charge in [-0.1, -0.05) is 12.2 Å². The second-order valence-corrected chi connectivity index (χ2v) is 7.44. The van der Waals surface area contributed by atoms with Crippen molar-refractivity contribution < 1.29 is 9.72 Å². The maximum atomic E-state index is 12.6. The van der Waals surface area contributed by atoms with Crippen LogP contribution in [0.4, 0.5) is 5.69 Å². The Labute approximate surface area is 147 Å². The molecule has 1 aromatic carbocycles. The maximum absolute atomic E-state index is 12.6. The Morgan fingerprint density at radius 2 is 1.80 bits per heavy atom. The van der Waals surface area contributed by atoms with E-state index in [9.17, 15) is 14.9 Å². The number of amides is 1. The Balaban J connectivity index is 1.30. The lowest BCUT2D eigenvalue weighted by molar-refractivity contribution is -0.384. The molecular formula is C19H23N3O3. The van der Waals surface area contributed by atoms with Crippen molar-refractivity contribution in [3.63, 3.8) is 0 Å². The number of hydrogen-bond acceptors (Lipinski definition) is 4. The highest BCUT2D eigenvalue weighted by Crippen LogP contribution is 2.43. The van der Waals surface area contributed by atoms with Crippen molar-refractivity contribution in [1.29, 1.82) is 0 Å².